The third kappa shape index (κ3) is 3.54. The molecule has 1 atom stereocenters. The molecule has 2 aliphatic heterocycles. The largest absolute Gasteiger partial charge is 0.495 e. The number of nitrogens with zero attached hydrogens (tertiary/aromatic N) is 3. The number of thiazole rings is 1. The minimum absolute atomic E-state index is 0.00167. The summed E-state index contributed by atoms with van der Waals surface area (Å²) < 4.78 is 10.9. The van der Waals surface area contributed by atoms with E-state index in [1.54, 1.807) is 29.5 Å². The van der Waals surface area contributed by atoms with Crippen LogP contribution in [0.4, 0.5) is 10.8 Å². The van der Waals surface area contributed by atoms with Gasteiger partial charge in [-0.3, -0.25) is 14.5 Å². The molecule has 1 aromatic heterocycles. The molecule has 0 aliphatic carbocycles. The molecule has 158 valence electrons. The molecular weight excluding hydrogens is 426 g/mol. The summed E-state index contributed by atoms with van der Waals surface area (Å²) in [4.78, 5) is 43.8. The molecule has 1 aromatic carbocycles. The first-order valence-corrected chi connectivity index (χ1v) is 11.3. The summed E-state index contributed by atoms with van der Waals surface area (Å²) in [6.07, 6.45) is 0.846. The monoisotopic (exact) mass is 447 g/mol. The van der Waals surface area contributed by atoms with E-state index >= 15 is 0 Å². The van der Waals surface area contributed by atoms with Crippen LogP contribution >= 0.6 is 23.1 Å². The maximum absolute atomic E-state index is 12.8. The maximum Gasteiger partial charge on any atom is 0.343 e. The minimum atomic E-state index is -0.890. The molecule has 0 radical (unpaired) electrons. The van der Waals surface area contributed by atoms with E-state index < -0.39 is 10.8 Å². The normalized spacial score (nSPS) is 20.2. The summed E-state index contributed by atoms with van der Waals surface area (Å²) in [5, 5.41) is 2.22. The van der Waals surface area contributed by atoms with Gasteiger partial charge >= 0.3 is 5.97 Å². The zero-order chi connectivity index (χ0) is 21.3. The van der Waals surface area contributed by atoms with Gasteiger partial charge in [-0.15, -0.1) is 23.1 Å². The fourth-order valence-electron chi connectivity index (χ4n) is 3.72. The summed E-state index contributed by atoms with van der Waals surface area (Å²) in [6.45, 7) is 2.01. The quantitative estimate of drug-likeness (QED) is 0.629. The molecule has 10 heteroatoms. The Bertz CT molecular complexity index is 994. The molecule has 2 fully saturated rings. The number of hydrogen-bond acceptors (Lipinski definition) is 8. The van der Waals surface area contributed by atoms with E-state index in [0.717, 1.165) is 5.75 Å². The van der Waals surface area contributed by atoms with Crippen LogP contribution in [-0.4, -0.2) is 51.9 Å². The highest BCUT2D eigenvalue weighted by atomic mass is 32.2. The number of amides is 2. The molecule has 2 aliphatic rings. The molecule has 0 saturated carbocycles. The van der Waals surface area contributed by atoms with Crippen molar-refractivity contribution in [2.75, 3.05) is 24.3 Å². The zero-order valence-electron chi connectivity index (χ0n) is 16.6. The number of aromatic nitrogens is 1. The fraction of sp³-hybridized carbons (Fsp3) is 0.400. The molecule has 4 rings (SSSR count). The third-order valence-electron chi connectivity index (χ3n) is 5.11. The number of esters is 1. The maximum atomic E-state index is 12.8. The van der Waals surface area contributed by atoms with Gasteiger partial charge in [0.1, 0.15) is 12.4 Å². The summed E-state index contributed by atoms with van der Waals surface area (Å²) in [6, 6.07) is 7.19. The van der Waals surface area contributed by atoms with Gasteiger partial charge in [-0.2, -0.15) is 0 Å². The SMILES string of the molecule is COc1ccccc1N(C(C)=O)c1nc(COC(=O)[C@]23CCC(=O)N2CCS3)cs1. The van der Waals surface area contributed by atoms with Crippen LogP contribution in [0, 0.1) is 0 Å². The summed E-state index contributed by atoms with van der Waals surface area (Å²) in [5.74, 6) is 0.673. The van der Waals surface area contributed by atoms with Crippen molar-refractivity contribution in [1.29, 1.82) is 0 Å². The van der Waals surface area contributed by atoms with Crippen LogP contribution in [0.15, 0.2) is 29.6 Å². The zero-order valence-corrected chi connectivity index (χ0v) is 18.3. The number of fused-ring (bicyclic) bond motifs is 1. The number of carbonyl (C=O) groups excluding carboxylic acids is 3. The number of ether oxygens (including phenoxy) is 2. The van der Waals surface area contributed by atoms with Gasteiger partial charge in [-0.25, -0.2) is 9.78 Å². The number of anilines is 2. The molecule has 0 spiro atoms. The van der Waals surface area contributed by atoms with Crippen molar-refractivity contribution < 1.29 is 23.9 Å². The van der Waals surface area contributed by atoms with Gasteiger partial charge in [-0.05, 0) is 18.6 Å². The smallest absolute Gasteiger partial charge is 0.343 e. The number of benzene rings is 1. The molecule has 2 saturated heterocycles. The Balaban J connectivity index is 1.49. The fourth-order valence-corrected chi connectivity index (χ4v) is 5.97. The molecule has 0 N–H and O–H groups in total. The van der Waals surface area contributed by atoms with Crippen LogP contribution < -0.4 is 9.64 Å². The molecule has 2 aromatic rings. The van der Waals surface area contributed by atoms with Crippen LogP contribution in [0.25, 0.3) is 0 Å². The Morgan fingerprint density at radius 3 is 2.90 bits per heavy atom. The van der Waals surface area contributed by atoms with Gasteiger partial charge in [-0.1, -0.05) is 12.1 Å². The van der Waals surface area contributed by atoms with Gasteiger partial charge in [0.2, 0.25) is 11.8 Å². The first-order valence-electron chi connectivity index (χ1n) is 9.46. The van der Waals surface area contributed by atoms with Crippen LogP contribution in [0.1, 0.15) is 25.5 Å². The first kappa shape index (κ1) is 20.7. The Morgan fingerprint density at radius 2 is 2.13 bits per heavy atom. The van der Waals surface area contributed by atoms with Crippen molar-refractivity contribution in [3.05, 3.63) is 35.3 Å². The van der Waals surface area contributed by atoms with Crippen molar-refractivity contribution in [2.24, 2.45) is 0 Å². The molecule has 30 heavy (non-hydrogen) atoms. The van der Waals surface area contributed by atoms with Gasteiger partial charge in [0.25, 0.3) is 0 Å². The van der Waals surface area contributed by atoms with E-state index in [4.69, 9.17) is 9.47 Å². The highest BCUT2D eigenvalue weighted by molar-refractivity contribution is 8.01. The van der Waals surface area contributed by atoms with E-state index in [9.17, 15) is 14.4 Å². The van der Waals surface area contributed by atoms with E-state index in [1.165, 1.54) is 34.9 Å². The second-order valence-corrected chi connectivity index (χ2v) is 9.11. The van der Waals surface area contributed by atoms with Gasteiger partial charge in [0, 0.05) is 31.0 Å². The highest BCUT2D eigenvalue weighted by Crippen LogP contribution is 2.45. The van der Waals surface area contributed by atoms with E-state index in [1.807, 2.05) is 12.1 Å². The topological polar surface area (TPSA) is 89.0 Å². The lowest BCUT2D eigenvalue weighted by Gasteiger charge is -2.28. The predicted molar refractivity (Wildman–Crippen MR) is 114 cm³/mol. The number of para-hydroxylation sites is 2. The molecular formula is C20H21N3O5S2. The van der Waals surface area contributed by atoms with Crippen molar-refractivity contribution in [2.45, 2.75) is 31.2 Å². The third-order valence-corrected chi connectivity index (χ3v) is 7.44. The second-order valence-electron chi connectivity index (χ2n) is 6.90. The Labute approximate surface area is 182 Å². The lowest BCUT2D eigenvalue weighted by molar-refractivity contribution is -0.154. The van der Waals surface area contributed by atoms with Crippen molar-refractivity contribution in [3.63, 3.8) is 0 Å². The van der Waals surface area contributed by atoms with E-state index in [2.05, 4.69) is 4.98 Å². The standard InChI is InChI=1S/C20H21N3O5S2/c1-13(24)23(15-5-3-4-6-16(15)27-2)19-21-14(12-29-19)11-28-18(26)20-8-7-17(25)22(20)9-10-30-20/h3-6,12H,7-11H2,1-2H3/t20-/m1/s1. The van der Waals surface area contributed by atoms with Crippen molar-refractivity contribution in [3.8, 4) is 5.75 Å². The predicted octanol–water partition coefficient (Wildman–Crippen LogP) is 2.95. The number of rotatable bonds is 6. The van der Waals surface area contributed by atoms with E-state index in [0.29, 0.717) is 41.6 Å². The van der Waals surface area contributed by atoms with Crippen molar-refractivity contribution >= 4 is 51.7 Å². The lowest BCUT2D eigenvalue weighted by Crippen LogP contribution is -2.46. The first-order chi connectivity index (χ1) is 14.5. The summed E-state index contributed by atoms with van der Waals surface area (Å²) in [7, 11) is 1.54. The van der Waals surface area contributed by atoms with E-state index in [-0.39, 0.29) is 18.4 Å². The molecule has 0 unspecified atom stereocenters. The number of hydrogen-bond donors (Lipinski definition) is 0. The van der Waals surface area contributed by atoms with Crippen LogP contribution in [0.5, 0.6) is 5.75 Å². The second kappa shape index (κ2) is 8.27. The average molecular weight is 448 g/mol. The Kier molecular flexibility index (Phi) is 5.70. The summed E-state index contributed by atoms with van der Waals surface area (Å²) >= 11 is 2.75. The van der Waals surface area contributed by atoms with Crippen molar-refractivity contribution in [1.82, 2.24) is 9.88 Å². The molecule has 0 bridgehead atoms. The molecule has 3 heterocycles. The van der Waals surface area contributed by atoms with Crippen LogP contribution in [0.3, 0.4) is 0 Å². The molecule has 2 amide bonds. The van der Waals surface area contributed by atoms with Crippen LogP contribution in [0.2, 0.25) is 0 Å². The molecule has 8 nitrogen and oxygen atoms in total. The average Bonchev–Trinajstić information content (AvgIpc) is 3.44. The van der Waals surface area contributed by atoms with Gasteiger partial charge < -0.3 is 14.4 Å². The van der Waals surface area contributed by atoms with Crippen LogP contribution in [-0.2, 0) is 25.7 Å². The number of methoxy groups -OCH3 is 1. The lowest BCUT2D eigenvalue weighted by atomic mass is 10.2. The van der Waals surface area contributed by atoms with Gasteiger partial charge in [0.15, 0.2) is 10.0 Å². The van der Waals surface area contributed by atoms with Gasteiger partial charge in [0.05, 0.1) is 18.5 Å². The number of carbonyl (C=O) groups is 3. The minimum Gasteiger partial charge on any atom is -0.495 e. The Morgan fingerprint density at radius 1 is 1.33 bits per heavy atom. The number of thioether (sulfide) groups is 1. The summed E-state index contributed by atoms with van der Waals surface area (Å²) in [5.41, 5.74) is 1.13. The highest BCUT2D eigenvalue weighted by Gasteiger charge is 2.55. The Hall–Kier alpha value is -2.59.